The lowest BCUT2D eigenvalue weighted by Gasteiger charge is -2.19. The minimum atomic E-state index is -0.455. The van der Waals surface area contributed by atoms with E-state index in [1.54, 1.807) is 54.1 Å². The van der Waals surface area contributed by atoms with Crippen LogP contribution >= 0.6 is 11.6 Å². The number of benzene rings is 3. The Morgan fingerprint density at radius 2 is 1.62 bits per heavy atom. The van der Waals surface area contributed by atoms with Crippen molar-refractivity contribution in [3.63, 3.8) is 0 Å². The number of pyridine rings is 1. The Balaban J connectivity index is 1.96. The number of fused-ring (bicyclic) bond motifs is 1. The molecule has 0 atom stereocenters. The third-order valence-electron chi connectivity index (χ3n) is 4.79. The van der Waals surface area contributed by atoms with Crippen molar-refractivity contribution in [1.82, 2.24) is 4.57 Å². The van der Waals surface area contributed by atoms with Crippen LogP contribution in [-0.4, -0.2) is 10.5 Å². The Kier molecular flexibility index (Phi) is 4.91. The molecule has 4 rings (SSSR count). The molecule has 0 aliphatic rings. The maximum Gasteiger partial charge on any atom is 0.256 e. The number of rotatable bonds is 3. The highest BCUT2D eigenvalue weighted by molar-refractivity contribution is 6.33. The molecule has 0 unspecified atom stereocenters. The third kappa shape index (κ3) is 3.41. The molecule has 144 valence electrons. The zero-order valence-corrected chi connectivity index (χ0v) is 16.2. The molecule has 0 saturated carbocycles. The van der Waals surface area contributed by atoms with Crippen LogP contribution in [0.15, 0.2) is 77.6 Å². The van der Waals surface area contributed by atoms with Crippen LogP contribution in [0.3, 0.4) is 0 Å². The second kappa shape index (κ2) is 7.53. The van der Waals surface area contributed by atoms with E-state index in [2.05, 4.69) is 5.32 Å². The van der Waals surface area contributed by atoms with E-state index in [0.717, 1.165) is 0 Å². The van der Waals surface area contributed by atoms with Crippen molar-refractivity contribution in [3.8, 4) is 11.1 Å². The van der Waals surface area contributed by atoms with Crippen molar-refractivity contribution in [2.75, 3.05) is 5.32 Å². The SMILES string of the molecule is Cn1c(NC(=O)c2ccc(F)cc2)c(-c2ccccc2Cl)c(=O)c2ccccc21. The van der Waals surface area contributed by atoms with Gasteiger partial charge in [-0.05, 0) is 42.5 Å². The maximum absolute atomic E-state index is 13.3. The van der Waals surface area contributed by atoms with Crippen LogP contribution in [0, 0.1) is 5.82 Å². The number of halogens is 2. The minimum absolute atomic E-state index is 0.235. The van der Waals surface area contributed by atoms with Gasteiger partial charge in [0.2, 0.25) is 0 Å². The second-order valence-corrected chi connectivity index (χ2v) is 6.98. The Bertz CT molecular complexity index is 1300. The first kappa shape index (κ1) is 18.9. The van der Waals surface area contributed by atoms with Gasteiger partial charge in [-0.3, -0.25) is 9.59 Å². The molecular formula is C23H16ClFN2O2. The Labute approximate surface area is 171 Å². The standard InChI is InChI=1S/C23H16ClFN2O2/c1-27-19-9-5-3-7-17(19)21(28)20(16-6-2-4-8-18(16)24)22(27)26-23(29)14-10-12-15(25)13-11-14/h2-13H,1H3,(H,26,29). The highest BCUT2D eigenvalue weighted by Crippen LogP contribution is 2.33. The quantitative estimate of drug-likeness (QED) is 0.505. The summed E-state index contributed by atoms with van der Waals surface area (Å²) in [5, 5.41) is 3.73. The summed E-state index contributed by atoms with van der Waals surface area (Å²) in [7, 11) is 1.77. The lowest BCUT2D eigenvalue weighted by atomic mass is 10.0. The van der Waals surface area contributed by atoms with Gasteiger partial charge < -0.3 is 9.88 Å². The molecule has 29 heavy (non-hydrogen) atoms. The smallest absolute Gasteiger partial charge is 0.256 e. The molecule has 3 aromatic carbocycles. The number of nitrogens with zero attached hydrogens (tertiary/aromatic N) is 1. The number of aromatic nitrogens is 1. The van der Waals surface area contributed by atoms with E-state index in [1.807, 2.05) is 6.07 Å². The Hall–Kier alpha value is -3.44. The summed E-state index contributed by atoms with van der Waals surface area (Å²) >= 11 is 6.37. The number of hydrogen-bond donors (Lipinski definition) is 1. The largest absolute Gasteiger partial charge is 0.330 e. The zero-order chi connectivity index (χ0) is 20.5. The fraction of sp³-hybridized carbons (Fsp3) is 0.0435. The lowest BCUT2D eigenvalue weighted by molar-refractivity contribution is 0.102. The van der Waals surface area contributed by atoms with Gasteiger partial charge in [-0.25, -0.2) is 4.39 Å². The van der Waals surface area contributed by atoms with Crippen LogP contribution in [0.1, 0.15) is 10.4 Å². The van der Waals surface area contributed by atoms with Crippen LogP contribution in [0.2, 0.25) is 5.02 Å². The number of aryl methyl sites for hydroxylation is 1. The fourth-order valence-corrected chi connectivity index (χ4v) is 3.56. The summed E-state index contributed by atoms with van der Waals surface area (Å²) in [5.74, 6) is -0.573. The van der Waals surface area contributed by atoms with E-state index in [9.17, 15) is 14.0 Å². The van der Waals surface area contributed by atoms with Crippen LogP contribution in [0.4, 0.5) is 10.2 Å². The van der Waals surface area contributed by atoms with E-state index in [1.165, 1.54) is 24.3 Å². The highest BCUT2D eigenvalue weighted by atomic mass is 35.5. The van der Waals surface area contributed by atoms with Gasteiger partial charge in [0, 0.05) is 28.6 Å². The predicted molar refractivity (Wildman–Crippen MR) is 114 cm³/mol. The number of carbonyl (C=O) groups excluding carboxylic acids is 1. The van der Waals surface area contributed by atoms with Gasteiger partial charge in [-0.15, -0.1) is 0 Å². The van der Waals surface area contributed by atoms with Gasteiger partial charge in [-0.1, -0.05) is 41.9 Å². The molecule has 1 heterocycles. The van der Waals surface area contributed by atoms with Gasteiger partial charge in [0.25, 0.3) is 5.91 Å². The van der Waals surface area contributed by atoms with Crippen molar-refractivity contribution in [2.45, 2.75) is 0 Å². The molecule has 0 saturated heterocycles. The van der Waals surface area contributed by atoms with Crippen molar-refractivity contribution in [1.29, 1.82) is 0 Å². The molecule has 1 amide bonds. The van der Waals surface area contributed by atoms with E-state index in [4.69, 9.17) is 11.6 Å². The maximum atomic E-state index is 13.3. The first-order valence-electron chi connectivity index (χ1n) is 8.91. The molecule has 1 N–H and O–H groups in total. The topological polar surface area (TPSA) is 51.1 Å². The summed E-state index contributed by atoms with van der Waals surface area (Å²) in [6, 6.07) is 19.3. The number of anilines is 1. The molecule has 0 aliphatic carbocycles. The van der Waals surface area contributed by atoms with E-state index in [0.29, 0.717) is 32.9 Å². The van der Waals surface area contributed by atoms with Crippen molar-refractivity contribution in [3.05, 3.63) is 99.4 Å². The van der Waals surface area contributed by atoms with Crippen LogP contribution in [0.25, 0.3) is 22.0 Å². The molecule has 0 spiro atoms. The van der Waals surface area contributed by atoms with Gasteiger partial charge in [-0.2, -0.15) is 0 Å². The average Bonchev–Trinajstić information content (AvgIpc) is 2.73. The van der Waals surface area contributed by atoms with E-state index in [-0.39, 0.29) is 11.0 Å². The van der Waals surface area contributed by atoms with E-state index >= 15 is 0 Å². The monoisotopic (exact) mass is 406 g/mol. The fourth-order valence-electron chi connectivity index (χ4n) is 3.33. The summed E-state index contributed by atoms with van der Waals surface area (Å²) in [4.78, 5) is 26.2. The molecule has 0 fully saturated rings. The molecule has 0 bridgehead atoms. The first-order valence-corrected chi connectivity index (χ1v) is 9.28. The van der Waals surface area contributed by atoms with Crippen LogP contribution in [-0.2, 0) is 7.05 Å². The molecule has 0 radical (unpaired) electrons. The second-order valence-electron chi connectivity index (χ2n) is 6.57. The highest BCUT2D eigenvalue weighted by Gasteiger charge is 2.20. The van der Waals surface area contributed by atoms with Gasteiger partial charge >= 0.3 is 0 Å². The number of carbonyl (C=O) groups is 1. The number of nitrogens with one attached hydrogen (secondary N) is 1. The molecule has 1 aromatic heterocycles. The molecule has 6 heteroatoms. The van der Waals surface area contributed by atoms with Gasteiger partial charge in [0.1, 0.15) is 11.6 Å². The normalized spacial score (nSPS) is 10.9. The van der Waals surface area contributed by atoms with Crippen molar-refractivity contribution >= 4 is 34.2 Å². The summed E-state index contributed by atoms with van der Waals surface area (Å²) in [5.41, 5.74) is 1.53. The lowest BCUT2D eigenvalue weighted by Crippen LogP contribution is -2.21. The third-order valence-corrected chi connectivity index (χ3v) is 5.12. The molecular weight excluding hydrogens is 391 g/mol. The number of para-hydroxylation sites is 1. The summed E-state index contributed by atoms with van der Waals surface area (Å²) in [6.07, 6.45) is 0. The van der Waals surface area contributed by atoms with Crippen molar-refractivity contribution in [2.24, 2.45) is 7.05 Å². The molecule has 4 nitrogen and oxygen atoms in total. The number of amides is 1. The molecule has 0 aliphatic heterocycles. The van der Waals surface area contributed by atoms with Crippen LogP contribution < -0.4 is 10.7 Å². The van der Waals surface area contributed by atoms with Gasteiger partial charge in [0.15, 0.2) is 5.43 Å². The van der Waals surface area contributed by atoms with Gasteiger partial charge in [0.05, 0.1) is 11.1 Å². The Morgan fingerprint density at radius 3 is 2.34 bits per heavy atom. The minimum Gasteiger partial charge on any atom is -0.330 e. The van der Waals surface area contributed by atoms with E-state index < -0.39 is 11.7 Å². The first-order chi connectivity index (χ1) is 14.0. The molecule has 4 aromatic rings. The van der Waals surface area contributed by atoms with Crippen molar-refractivity contribution < 1.29 is 9.18 Å². The summed E-state index contributed by atoms with van der Waals surface area (Å²) < 4.78 is 15.0. The summed E-state index contributed by atoms with van der Waals surface area (Å²) in [6.45, 7) is 0. The predicted octanol–water partition coefficient (Wildman–Crippen LogP) is 5.25. The zero-order valence-electron chi connectivity index (χ0n) is 15.4. The average molecular weight is 407 g/mol. The van der Waals surface area contributed by atoms with Crippen LogP contribution in [0.5, 0.6) is 0 Å². The Morgan fingerprint density at radius 1 is 0.966 bits per heavy atom. The number of hydrogen-bond acceptors (Lipinski definition) is 2.